The highest BCUT2D eigenvalue weighted by Crippen LogP contribution is 2.17. The molecule has 0 spiro atoms. The summed E-state index contributed by atoms with van der Waals surface area (Å²) in [5.74, 6) is -0.379. The van der Waals surface area contributed by atoms with Crippen molar-refractivity contribution in [3.8, 4) is 0 Å². The van der Waals surface area contributed by atoms with Crippen molar-refractivity contribution in [3.05, 3.63) is 66.0 Å². The standard InChI is InChI=1S/C17H14N2O2/c1-19-11-15(10-18-19)17(21)9-16(20)14-7-6-12-4-2-3-5-13(12)8-14/h2-8,10-11H,9H2,1H3. The number of carbonyl (C=O) groups excluding carboxylic acids is 2. The Morgan fingerprint density at radius 3 is 2.43 bits per heavy atom. The largest absolute Gasteiger partial charge is 0.294 e. The molecule has 4 heteroatoms. The van der Waals surface area contributed by atoms with Crippen LogP contribution in [0.25, 0.3) is 10.8 Å². The second-order valence-corrected chi connectivity index (χ2v) is 4.99. The topological polar surface area (TPSA) is 52.0 Å². The summed E-state index contributed by atoms with van der Waals surface area (Å²) in [5.41, 5.74) is 1.03. The van der Waals surface area contributed by atoms with Gasteiger partial charge in [0.25, 0.3) is 0 Å². The number of aromatic nitrogens is 2. The minimum atomic E-state index is -0.207. The molecule has 0 saturated heterocycles. The van der Waals surface area contributed by atoms with Crippen LogP contribution in [0.1, 0.15) is 27.1 Å². The molecule has 0 atom stereocenters. The number of aryl methyl sites for hydroxylation is 1. The molecule has 3 aromatic rings. The van der Waals surface area contributed by atoms with Crippen LogP contribution in [0.2, 0.25) is 0 Å². The molecule has 3 rings (SSSR count). The fraction of sp³-hybridized carbons (Fsp3) is 0.118. The average Bonchev–Trinajstić information content (AvgIpc) is 2.93. The smallest absolute Gasteiger partial charge is 0.173 e. The van der Waals surface area contributed by atoms with E-state index in [2.05, 4.69) is 5.10 Å². The summed E-state index contributed by atoms with van der Waals surface area (Å²) in [7, 11) is 1.74. The van der Waals surface area contributed by atoms with Crippen molar-refractivity contribution in [2.75, 3.05) is 0 Å². The van der Waals surface area contributed by atoms with E-state index in [1.165, 1.54) is 6.20 Å². The zero-order valence-corrected chi connectivity index (χ0v) is 11.6. The molecule has 0 aliphatic carbocycles. The SMILES string of the molecule is Cn1cc(C(=O)CC(=O)c2ccc3ccccc3c2)cn1. The van der Waals surface area contributed by atoms with Gasteiger partial charge in [0.1, 0.15) is 0 Å². The molecule has 0 amide bonds. The quantitative estimate of drug-likeness (QED) is 0.544. The maximum absolute atomic E-state index is 12.2. The van der Waals surface area contributed by atoms with Crippen LogP contribution in [0, 0.1) is 0 Å². The van der Waals surface area contributed by atoms with Crippen LogP contribution in [0.15, 0.2) is 54.9 Å². The average molecular weight is 278 g/mol. The van der Waals surface area contributed by atoms with Gasteiger partial charge in [-0.2, -0.15) is 5.10 Å². The first-order valence-corrected chi connectivity index (χ1v) is 6.67. The molecule has 0 aliphatic heterocycles. The third-order valence-corrected chi connectivity index (χ3v) is 3.42. The third kappa shape index (κ3) is 2.74. The third-order valence-electron chi connectivity index (χ3n) is 3.42. The number of carbonyl (C=O) groups is 2. The number of rotatable bonds is 4. The van der Waals surface area contributed by atoms with Gasteiger partial charge in [0.15, 0.2) is 11.6 Å². The van der Waals surface area contributed by atoms with Crippen LogP contribution >= 0.6 is 0 Å². The van der Waals surface area contributed by atoms with Crippen LogP contribution in [0.4, 0.5) is 0 Å². The highest BCUT2D eigenvalue weighted by atomic mass is 16.1. The molecule has 0 N–H and O–H groups in total. The first-order valence-electron chi connectivity index (χ1n) is 6.67. The summed E-state index contributed by atoms with van der Waals surface area (Å²) in [5, 5.41) is 6.02. The van der Waals surface area contributed by atoms with Gasteiger partial charge in [0.2, 0.25) is 0 Å². The Kier molecular flexibility index (Phi) is 3.36. The minimum Gasteiger partial charge on any atom is -0.294 e. The molecule has 0 aliphatic rings. The van der Waals surface area contributed by atoms with Crippen molar-refractivity contribution >= 4 is 22.3 Å². The van der Waals surface area contributed by atoms with Crippen LogP contribution < -0.4 is 0 Å². The van der Waals surface area contributed by atoms with E-state index in [0.717, 1.165) is 10.8 Å². The van der Waals surface area contributed by atoms with Crippen molar-refractivity contribution in [3.63, 3.8) is 0 Å². The number of hydrogen-bond donors (Lipinski definition) is 0. The van der Waals surface area contributed by atoms with Gasteiger partial charge >= 0.3 is 0 Å². The Morgan fingerprint density at radius 2 is 1.71 bits per heavy atom. The molecule has 1 heterocycles. The second kappa shape index (κ2) is 5.32. The Morgan fingerprint density at radius 1 is 1.00 bits per heavy atom. The summed E-state index contributed by atoms with van der Waals surface area (Å²) in [6.45, 7) is 0. The lowest BCUT2D eigenvalue weighted by atomic mass is 10.0. The molecule has 0 bridgehead atoms. The highest BCUT2D eigenvalue weighted by Gasteiger charge is 2.15. The van der Waals surface area contributed by atoms with Gasteiger partial charge in [0, 0.05) is 18.8 Å². The van der Waals surface area contributed by atoms with Crippen molar-refractivity contribution in [1.82, 2.24) is 9.78 Å². The Hall–Kier alpha value is -2.75. The number of benzene rings is 2. The van der Waals surface area contributed by atoms with E-state index in [-0.39, 0.29) is 18.0 Å². The van der Waals surface area contributed by atoms with Crippen LogP contribution in [-0.4, -0.2) is 21.3 Å². The molecule has 0 radical (unpaired) electrons. The predicted octanol–water partition coefficient (Wildman–Crippen LogP) is 3.03. The van der Waals surface area contributed by atoms with Crippen molar-refractivity contribution in [2.24, 2.45) is 7.05 Å². The van der Waals surface area contributed by atoms with Crippen LogP contribution in [-0.2, 0) is 7.05 Å². The van der Waals surface area contributed by atoms with Crippen molar-refractivity contribution in [2.45, 2.75) is 6.42 Å². The van der Waals surface area contributed by atoms with Gasteiger partial charge in [-0.05, 0) is 16.8 Å². The molecule has 4 nitrogen and oxygen atoms in total. The Labute approximate surface area is 122 Å². The summed E-state index contributed by atoms with van der Waals surface area (Å²) in [4.78, 5) is 24.3. The lowest BCUT2D eigenvalue weighted by Gasteiger charge is -2.02. The summed E-state index contributed by atoms with van der Waals surface area (Å²) < 4.78 is 1.55. The normalized spacial score (nSPS) is 10.7. The maximum Gasteiger partial charge on any atom is 0.173 e. The molecule has 1 aromatic heterocycles. The number of ketones is 2. The molecular weight excluding hydrogens is 264 g/mol. The zero-order valence-electron chi connectivity index (χ0n) is 11.6. The number of hydrogen-bond acceptors (Lipinski definition) is 3. The molecule has 104 valence electrons. The molecule has 0 unspecified atom stereocenters. The Bertz CT molecular complexity index is 833. The van der Waals surface area contributed by atoms with E-state index >= 15 is 0 Å². The van der Waals surface area contributed by atoms with Gasteiger partial charge in [-0.1, -0.05) is 36.4 Å². The summed E-state index contributed by atoms with van der Waals surface area (Å²) in [6, 6.07) is 13.3. The predicted molar refractivity (Wildman–Crippen MR) is 80.4 cm³/mol. The molecule has 0 saturated carbocycles. The second-order valence-electron chi connectivity index (χ2n) is 4.99. The molecule has 2 aromatic carbocycles. The minimum absolute atomic E-state index is 0.135. The van der Waals surface area contributed by atoms with E-state index in [4.69, 9.17) is 0 Å². The molecular formula is C17H14N2O2. The highest BCUT2D eigenvalue weighted by molar-refractivity contribution is 6.14. The first kappa shape index (κ1) is 13.2. The number of fused-ring (bicyclic) bond motifs is 1. The number of nitrogens with zero attached hydrogens (tertiary/aromatic N) is 2. The summed E-state index contributed by atoms with van der Waals surface area (Å²) >= 11 is 0. The van der Waals surface area contributed by atoms with E-state index in [0.29, 0.717) is 11.1 Å². The van der Waals surface area contributed by atoms with Crippen molar-refractivity contribution < 1.29 is 9.59 Å². The van der Waals surface area contributed by atoms with Crippen LogP contribution in [0.5, 0.6) is 0 Å². The van der Waals surface area contributed by atoms with Gasteiger partial charge < -0.3 is 0 Å². The first-order chi connectivity index (χ1) is 10.1. The monoisotopic (exact) mass is 278 g/mol. The van der Waals surface area contributed by atoms with Gasteiger partial charge in [-0.3, -0.25) is 14.3 Å². The summed E-state index contributed by atoms with van der Waals surface area (Å²) in [6.07, 6.45) is 2.97. The maximum atomic E-state index is 12.2. The van der Waals surface area contributed by atoms with Gasteiger partial charge in [0.05, 0.1) is 18.2 Å². The van der Waals surface area contributed by atoms with E-state index in [9.17, 15) is 9.59 Å². The van der Waals surface area contributed by atoms with Crippen LogP contribution in [0.3, 0.4) is 0 Å². The zero-order chi connectivity index (χ0) is 14.8. The lowest BCUT2D eigenvalue weighted by molar-refractivity contribution is 0.0894. The van der Waals surface area contributed by atoms with E-state index in [1.807, 2.05) is 36.4 Å². The fourth-order valence-electron chi connectivity index (χ4n) is 2.28. The van der Waals surface area contributed by atoms with E-state index < -0.39 is 0 Å². The number of Topliss-reactive ketones (excluding diaryl/α,β-unsaturated/α-hetero) is 2. The fourth-order valence-corrected chi connectivity index (χ4v) is 2.28. The lowest BCUT2D eigenvalue weighted by Crippen LogP contribution is -2.08. The van der Waals surface area contributed by atoms with Gasteiger partial charge in [-0.15, -0.1) is 0 Å². The van der Waals surface area contributed by atoms with E-state index in [1.54, 1.807) is 24.0 Å². The molecule has 21 heavy (non-hydrogen) atoms. The van der Waals surface area contributed by atoms with Crippen molar-refractivity contribution in [1.29, 1.82) is 0 Å². The van der Waals surface area contributed by atoms with Gasteiger partial charge in [-0.25, -0.2) is 0 Å². The Balaban J connectivity index is 1.82. The molecule has 0 fully saturated rings.